The number of thiazole rings is 1. The second kappa shape index (κ2) is 7.50. The number of hydrazone groups is 1. The molecule has 1 heterocycles. The van der Waals surface area contributed by atoms with Crippen molar-refractivity contribution < 1.29 is 4.39 Å². The van der Waals surface area contributed by atoms with Crippen LogP contribution in [-0.2, 0) is 0 Å². The third-order valence-corrected chi connectivity index (χ3v) is 5.46. The highest BCUT2D eigenvalue weighted by atomic mass is 127. The fourth-order valence-electron chi connectivity index (χ4n) is 1.86. The van der Waals surface area contributed by atoms with Gasteiger partial charge in [-0.05, 0) is 44.6 Å². The molecule has 1 aromatic heterocycles. The van der Waals surface area contributed by atoms with Gasteiger partial charge in [0.15, 0.2) is 5.82 Å². The van der Waals surface area contributed by atoms with Crippen molar-refractivity contribution in [3.05, 3.63) is 67.3 Å². The van der Waals surface area contributed by atoms with Gasteiger partial charge in [0.25, 0.3) is 0 Å². The van der Waals surface area contributed by atoms with Crippen LogP contribution in [0.4, 0.5) is 9.52 Å². The van der Waals surface area contributed by atoms with E-state index in [4.69, 9.17) is 0 Å². The van der Waals surface area contributed by atoms with Crippen molar-refractivity contribution in [1.29, 1.82) is 0 Å². The van der Waals surface area contributed by atoms with Gasteiger partial charge >= 0.3 is 0 Å². The lowest BCUT2D eigenvalue weighted by Crippen LogP contribution is -1.95. The number of nitrogens with zero attached hydrogens (tertiary/aromatic N) is 2. The van der Waals surface area contributed by atoms with E-state index in [0.717, 1.165) is 11.3 Å². The summed E-state index contributed by atoms with van der Waals surface area (Å²) in [4.78, 5) is 4.48. The topological polar surface area (TPSA) is 37.3 Å². The van der Waals surface area contributed by atoms with Crippen LogP contribution in [0.2, 0.25) is 0 Å². The standard InChI is InChI=1S/C16H10BrFIN3S/c17-12-7-6-11(15(19)14(12)18)8-20-22-16-21-13(9-23-16)10-4-2-1-3-5-10/h1-9H,(H,21,22). The third kappa shape index (κ3) is 3.96. The molecule has 0 spiro atoms. The summed E-state index contributed by atoms with van der Waals surface area (Å²) in [5.41, 5.74) is 5.55. The van der Waals surface area contributed by atoms with Crippen LogP contribution in [0.3, 0.4) is 0 Å². The molecule has 3 aromatic rings. The second-order valence-corrected chi connectivity index (χ2v) is 7.33. The molecule has 0 saturated carbocycles. The van der Waals surface area contributed by atoms with Gasteiger partial charge in [-0.3, -0.25) is 5.43 Å². The Kier molecular flexibility index (Phi) is 5.39. The van der Waals surface area contributed by atoms with E-state index in [1.54, 1.807) is 18.3 Å². The van der Waals surface area contributed by atoms with E-state index in [1.807, 2.05) is 58.3 Å². The van der Waals surface area contributed by atoms with Crippen molar-refractivity contribution >= 4 is 61.2 Å². The summed E-state index contributed by atoms with van der Waals surface area (Å²) in [7, 11) is 0. The van der Waals surface area contributed by atoms with Crippen molar-refractivity contribution in [2.45, 2.75) is 0 Å². The first-order valence-electron chi connectivity index (χ1n) is 6.58. The molecule has 0 bridgehead atoms. The van der Waals surface area contributed by atoms with Gasteiger partial charge in [0.05, 0.1) is 20.0 Å². The minimum atomic E-state index is -0.282. The molecule has 0 aliphatic carbocycles. The fraction of sp³-hybridized carbons (Fsp3) is 0. The molecule has 0 aliphatic rings. The van der Waals surface area contributed by atoms with Crippen LogP contribution in [0, 0.1) is 9.39 Å². The Morgan fingerprint density at radius 2 is 2.00 bits per heavy atom. The Morgan fingerprint density at radius 3 is 2.78 bits per heavy atom. The number of hydrogen-bond acceptors (Lipinski definition) is 4. The summed E-state index contributed by atoms with van der Waals surface area (Å²) in [5, 5.41) is 6.79. The van der Waals surface area contributed by atoms with Crippen LogP contribution in [0.25, 0.3) is 11.3 Å². The van der Waals surface area contributed by atoms with Crippen molar-refractivity contribution in [3.63, 3.8) is 0 Å². The van der Waals surface area contributed by atoms with Gasteiger partial charge < -0.3 is 0 Å². The third-order valence-electron chi connectivity index (χ3n) is 3.00. The predicted octanol–water partition coefficient (Wildman–Crippen LogP) is 5.76. The minimum absolute atomic E-state index is 0.282. The highest BCUT2D eigenvalue weighted by Gasteiger charge is 2.08. The van der Waals surface area contributed by atoms with Gasteiger partial charge in [0.1, 0.15) is 0 Å². The molecule has 0 aliphatic heterocycles. The molecule has 3 rings (SSSR count). The van der Waals surface area contributed by atoms with Crippen LogP contribution in [-0.4, -0.2) is 11.2 Å². The zero-order chi connectivity index (χ0) is 16.2. The number of anilines is 1. The number of nitrogens with one attached hydrogen (secondary N) is 1. The summed E-state index contributed by atoms with van der Waals surface area (Å²) >= 11 is 6.59. The smallest absolute Gasteiger partial charge is 0.203 e. The highest BCUT2D eigenvalue weighted by Crippen LogP contribution is 2.25. The van der Waals surface area contributed by atoms with E-state index in [2.05, 4.69) is 31.4 Å². The van der Waals surface area contributed by atoms with E-state index in [1.165, 1.54) is 11.3 Å². The van der Waals surface area contributed by atoms with Gasteiger partial charge in [-0.15, -0.1) is 11.3 Å². The molecule has 1 N–H and O–H groups in total. The van der Waals surface area contributed by atoms with E-state index in [0.29, 0.717) is 18.7 Å². The largest absolute Gasteiger partial charge is 0.253 e. The van der Waals surface area contributed by atoms with Gasteiger partial charge in [-0.1, -0.05) is 36.4 Å². The van der Waals surface area contributed by atoms with Crippen LogP contribution < -0.4 is 5.43 Å². The minimum Gasteiger partial charge on any atom is -0.253 e. The van der Waals surface area contributed by atoms with E-state index < -0.39 is 0 Å². The van der Waals surface area contributed by atoms with Crippen molar-refractivity contribution in [1.82, 2.24) is 4.98 Å². The molecule has 7 heteroatoms. The van der Waals surface area contributed by atoms with Crippen molar-refractivity contribution in [3.8, 4) is 11.3 Å². The summed E-state index contributed by atoms with van der Waals surface area (Å²) in [6.07, 6.45) is 1.58. The average Bonchev–Trinajstić information content (AvgIpc) is 3.05. The molecular weight excluding hydrogens is 492 g/mol. The molecule has 116 valence electrons. The number of aromatic nitrogens is 1. The Hall–Kier alpha value is -1.32. The normalized spacial score (nSPS) is 11.1. The first-order valence-corrected chi connectivity index (χ1v) is 9.34. The number of hydrogen-bond donors (Lipinski definition) is 1. The first-order chi connectivity index (χ1) is 11.1. The predicted molar refractivity (Wildman–Crippen MR) is 106 cm³/mol. The summed E-state index contributed by atoms with van der Waals surface area (Å²) in [6.45, 7) is 0. The Morgan fingerprint density at radius 1 is 1.22 bits per heavy atom. The summed E-state index contributed by atoms with van der Waals surface area (Å²) < 4.78 is 14.7. The van der Waals surface area contributed by atoms with Crippen LogP contribution in [0.15, 0.2) is 57.4 Å². The average molecular weight is 502 g/mol. The van der Waals surface area contributed by atoms with Crippen LogP contribution in [0.5, 0.6) is 0 Å². The fourth-order valence-corrected chi connectivity index (χ4v) is 3.84. The molecule has 0 amide bonds. The van der Waals surface area contributed by atoms with E-state index in [-0.39, 0.29) is 5.82 Å². The Balaban J connectivity index is 1.72. The van der Waals surface area contributed by atoms with Gasteiger partial charge in [-0.25, -0.2) is 9.37 Å². The van der Waals surface area contributed by atoms with Gasteiger partial charge in [0, 0.05) is 16.5 Å². The van der Waals surface area contributed by atoms with E-state index in [9.17, 15) is 4.39 Å². The quantitative estimate of drug-likeness (QED) is 0.213. The lowest BCUT2D eigenvalue weighted by Gasteiger charge is -2.01. The van der Waals surface area contributed by atoms with E-state index >= 15 is 0 Å². The highest BCUT2D eigenvalue weighted by molar-refractivity contribution is 14.1. The molecule has 0 unspecified atom stereocenters. The van der Waals surface area contributed by atoms with Crippen LogP contribution >= 0.6 is 49.9 Å². The maximum absolute atomic E-state index is 13.8. The molecule has 2 aromatic carbocycles. The summed E-state index contributed by atoms with van der Waals surface area (Å²) in [6, 6.07) is 13.4. The molecule has 23 heavy (non-hydrogen) atoms. The lowest BCUT2D eigenvalue weighted by atomic mass is 10.2. The zero-order valence-corrected chi connectivity index (χ0v) is 16.2. The van der Waals surface area contributed by atoms with Crippen molar-refractivity contribution in [2.24, 2.45) is 5.10 Å². The maximum Gasteiger partial charge on any atom is 0.203 e. The number of benzene rings is 2. The molecule has 3 nitrogen and oxygen atoms in total. The monoisotopic (exact) mass is 501 g/mol. The Bertz CT molecular complexity index is 852. The number of halogens is 3. The van der Waals surface area contributed by atoms with Gasteiger partial charge in [-0.2, -0.15) is 5.10 Å². The van der Waals surface area contributed by atoms with Crippen molar-refractivity contribution in [2.75, 3.05) is 5.43 Å². The SMILES string of the molecule is Fc1c(Br)ccc(C=NNc2nc(-c3ccccc3)cs2)c1I. The second-order valence-electron chi connectivity index (χ2n) is 4.54. The molecule has 0 saturated heterocycles. The zero-order valence-electron chi connectivity index (χ0n) is 11.6. The number of rotatable bonds is 4. The first kappa shape index (κ1) is 16.5. The Labute approximate surface area is 158 Å². The van der Waals surface area contributed by atoms with Crippen LogP contribution in [0.1, 0.15) is 5.56 Å². The molecule has 0 fully saturated rings. The lowest BCUT2D eigenvalue weighted by molar-refractivity contribution is 0.613. The maximum atomic E-state index is 13.8. The van der Waals surface area contributed by atoms with Gasteiger partial charge in [0.2, 0.25) is 5.13 Å². The molecule has 0 atom stereocenters. The molecule has 0 radical (unpaired) electrons. The molecular formula is C16H10BrFIN3S. The summed E-state index contributed by atoms with van der Waals surface area (Å²) in [5.74, 6) is -0.282.